The van der Waals surface area contributed by atoms with Crippen LogP contribution in [0.2, 0.25) is 5.02 Å². The quantitative estimate of drug-likeness (QED) is 0.357. The van der Waals surface area contributed by atoms with Gasteiger partial charge >= 0.3 is 0 Å². The molecule has 0 radical (unpaired) electrons. The van der Waals surface area contributed by atoms with Crippen molar-refractivity contribution in [3.05, 3.63) is 81.0 Å². The molecule has 0 bridgehead atoms. The number of para-hydroxylation sites is 2. The molecule has 2 rings (SSSR count). The molecule has 2 aromatic rings. The number of carbonyl (C=O) groups excluding carboxylic acids is 1. The first-order valence-electron chi connectivity index (χ1n) is 7.14. The lowest BCUT2D eigenvalue weighted by Gasteiger charge is -2.07. The van der Waals surface area contributed by atoms with Crippen LogP contribution >= 0.6 is 11.6 Å². The second-order valence-electron chi connectivity index (χ2n) is 4.86. The minimum Gasteiger partial charge on any atom is -0.355 e. The first-order valence-corrected chi connectivity index (χ1v) is 7.52. The summed E-state index contributed by atoms with van der Waals surface area (Å²) in [5.41, 5.74) is 0.512. The second kappa shape index (κ2) is 8.47. The topological polar surface area (TPSA) is 108 Å². The van der Waals surface area contributed by atoms with E-state index in [1.54, 1.807) is 36.4 Å². The lowest BCUT2D eigenvalue weighted by molar-refractivity contribution is -0.383. The molecule has 8 heteroatoms. The monoisotopic (exact) mass is 356 g/mol. The maximum Gasteiger partial charge on any atom is 0.292 e. The number of nitrogens with zero attached hydrogens (tertiary/aromatic N) is 2. The zero-order valence-electron chi connectivity index (χ0n) is 12.9. The predicted octanol–water partition coefficient (Wildman–Crippen LogP) is 3.38. The Morgan fingerprint density at radius 2 is 1.92 bits per heavy atom. The SMILES string of the molecule is N#C/C(=C/Nc1ccccc1[N+](=O)[O-])C(=O)NCc1ccccc1Cl. The van der Waals surface area contributed by atoms with E-state index in [0.29, 0.717) is 10.6 Å². The molecule has 0 atom stereocenters. The van der Waals surface area contributed by atoms with Crippen LogP contribution in [0.15, 0.2) is 60.3 Å². The summed E-state index contributed by atoms with van der Waals surface area (Å²) in [4.78, 5) is 22.5. The van der Waals surface area contributed by atoms with Gasteiger partial charge in [0, 0.05) is 23.8 Å². The Bertz CT molecular complexity index is 874. The fourth-order valence-electron chi connectivity index (χ4n) is 1.97. The minimum atomic E-state index is -0.617. The van der Waals surface area contributed by atoms with Crippen LogP contribution in [-0.4, -0.2) is 10.8 Å². The van der Waals surface area contributed by atoms with Crippen LogP contribution in [-0.2, 0) is 11.3 Å². The number of hydrogen-bond acceptors (Lipinski definition) is 5. The van der Waals surface area contributed by atoms with Crippen LogP contribution in [0, 0.1) is 21.4 Å². The van der Waals surface area contributed by atoms with Crippen LogP contribution in [0.3, 0.4) is 0 Å². The summed E-state index contributed by atoms with van der Waals surface area (Å²) < 4.78 is 0. The summed E-state index contributed by atoms with van der Waals surface area (Å²) in [6.07, 6.45) is 1.13. The van der Waals surface area contributed by atoms with Gasteiger partial charge < -0.3 is 10.6 Å². The molecule has 0 aliphatic carbocycles. The zero-order chi connectivity index (χ0) is 18.2. The molecular formula is C17H13ClN4O3. The molecule has 0 spiro atoms. The van der Waals surface area contributed by atoms with Crippen LogP contribution in [0.1, 0.15) is 5.56 Å². The third-order valence-electron chi connectivity index (χ3n) is 3.24. The number of rotatable bonds is 6. The Kier molecular flexibility index (Phi) is 6.09. The third-order valence-corrected chi connectivity index (χ3v) is 3.60. The van der Waals surface area contributed by atoms with E-state index in [9.17, 15) is 14.9 Å². The van der Waals surface area contributed by atoms with Gasteiger partial charge in [0.15, 0.2) is 0 Å². The number of nitro benzene ring substituents is 1. The fraction of sp³-hybridized carbons (Fsp3) is 0.0588. The molecular weight excluding hydrogens is 344 g/mol. The summed E-state index contributed by atoms with van der Waals surface area (Å²) in [7, 11) is 0. The van der Waals surface area contributed by atoms with Crippen molar-refractivity contribution in [2.24, 2.45) is 0 Å². The molecule has 126 valence electrons. The minimum absolute atomic E-state index is 0.156. The molecule has 0 saturated carbocycles. The lowest BCUT2D eigenvalue weighted by atomic mass is 10.2. The van der Waals surface area contributed by atoms with Gasteiger partial charge in [0.1, 0.15) is 17.3 Å². The number of carbonyl (C=O) groups is 1. The molecule has 0 unspecified atom stereocenters. The molecule has 2 aromatic carbocycles. The molecule has 25 heavy (non-hydrogen) atoms. The van der Waals surface area contributed by atoms with E-state index in [2.05, 4.69) is 10.6 Å². The highest BCUT2D eigenvalue weighted by Gasteiger charge is 2.13. The second-order valence-corrected chi connectivity index (χ2v) is 5.27. The van der Waals surface area contributed by atoms with Crippen molar-refractivity contribution in [3.63, 3.8) is 0 Å². The van der Waals surface area contributed by atoms with Crippen LogP contribution < -0.4 is 10.6 Å². The number of anilines is 1. The lowest BCUT2D eigenvalue weighted by Crippen LogP contribution is -2.24. The maximum atomic E-state index is 12.1. The normalized spacial score (nSPS) is 10.6. The van der Waals surface area contributed by atoms with Gasteiger partial charge in [-0.25, -0.2) is 0 Å². The summed E-state index contributed by atoms with van der Waals surface area (Å²) in [5.74, 6) is -0.617. The molecule has 0 fully saturated rings. The highest BCUT2D eigenvalue weighted by molar-refractivity contribution is 6.31. The number of benzene rings is 2. The smallest absolute Gasteiger partial charge is 0.292 e. The summed E-state index contributed by atoms with van der Waals surface area (Å²) in [5, 5.41) is 25.8. The van der Waals surface area contributed by atoms with Crippen LogP contribution in [0.25, 0.3) is 0 Å². The molecule has 0 saturated heterocycles. The predicted molar refractivity (Wildman–Crippen MR) is 93.7 cm³/mol. The van der Waals surface area contributed by atoms with Gasteiger partial charge in [-0.3, -0.25) is 14.9 Å². The number of halogens is 1. The van der Waals surface area contributed by atoms with Crippen molar-refractivity contribution in [2.75, 3.05) is 5.32 Å². The maximum absolute atomic E-state index is 12.1. The van der Waals surface area contributed by atoms with Gasteiger partial charge in [-0.05, 0) is 17.7 Å². The van der Waals surface area contributed by atoms with Crippen LogP contribution in [0.4, 0.5) is 11.4 Å². The summed E-state index contributed by atoms with van der Waals surface area (Å²) in [6.45, 7) is 0.156. The molecule has 2 N–H and O–H groups in total. The van der Waals surface area contributed by atoms with Crippen molar-refractivity contribution >= 4 is 28.9 Å². The number of hydrogen-bond donors (Lipinski definition) is 2. The van der Waals surface area contributed by atoms with Crippen LogP contribution in [0.5, 0.6) is 0 Å². The van der Waals surface area contributed by atoms with E-state index in [1.165, 1.54) is 18.2 Å². The van der Waals surface area contributed by atoms with Gasteiger partial charge in [0.2, 0.25) is 0 Å². The van der Waals surface area contributed by atoms with Gasteiger partial charge in [-0.15, -0.1) is 0 Å². The third kappa shape index (κ3) is 4.80. The molecule has 0 aliphatic heterocycles. The highest BCUT2D eigenvalue weighted by atomic mass is 35.5. The van der Waals surface area contributed by atoms with Crippen molar-refractivity contribution in [2.45, 2.75) is 6.54 Å². The van der Waals surface area contributed by atoms with E-state index in [0.717, 1.165) is 6.20 Å². The van der Waals surface area contributed by atoms with Crippen molar-refractivity contribution in [1.29, 1.82) is 5.26 Å². The molecule has 0 heterocycles. The largest absolute Gasteiger partial charge is 0.355 e. The Morgan fingerprint density at radius 1 is 1.24 bits per heavy atom. The number of nitriles is 1. The first kappa shape index (κ1) is 18.0. The van der Waals surface area contributed by atoms with E-state index in [-0.39, 0.29) is 23.5 Å². The van der Waals surface area contributed by atoms with Gasteiger partial charge in [-0.2, -0.15) is 5.26 Å². The standard InChI is InChI=1S/C17H13ClN4O3/c18-14-6-2-1-5-12(14)10-21-17(23)13(9-19)11-20-15-7-3-4-8-16(15)22(24)25/h1-8,11,20H,10H2,(H,21,23)/b13-11-. The fourth-order valence-corrected chi connectivity index (χ4v) is 2.17. The molecule has 0 aromatic heterocycles. The van der Waals surface area contributed by atoms with Crippen molar-refractivity contribution < 1.29 is 9.72 Å². The Hall–Kier alpha value is -3.37. The van der Waals surface area contributed by atoms with Crippen molar-refractivity contribution in [3.8, 4) is 6.07 Å². The molecule has 1 amide bonds. The number of amides is 1. The average molecular weight is 357 g/mol. The van der Waals surface area contributed by atoms with Gasteiger partial charge in [0.05, 0.1) is 4.92 Å². The zero-order valence-corrected chi connectivity index (χ0v) is 13.7. The average Bonchev–Trinajstić information content (AvgIpc) is 2.61. The molecule has 7 nitrogen and oxygen atoms in total. The van der Waals surface area contributed by atoms with E-state index in [1.807, 2.05) is 0 Å². The Labute approximate surface area is 148 Å². The highest BCUT2D eigenvalue weighted by Crippen LogP contribution is 2.23. The van der Waals surface area contributed by atoms with Crippen molar-refractivity contribution in [1.82, 2.24) is 5.32 Å². The number of nitro groups is 1. The number of nitrogens with one attached hydrogen (secondary N) is 2. The van der Waals surface area contributed by atoms with E-state index < -0.39 is 10.8 Å². The van der Waals surface area contributed by atoms with Gasteiger partial charge in [-0.1, -0.05) is 41.9 Å². The first-order chi connectivity index (χ1) is 12.0. The van der Waals surface area contributed by atoms with E-state index >= 15 is 0 Å². The molecule has 0 aliphatic rings. The van der Waals surface area contributed by atoms with E-state index in [4.69, 9.17) is 16.9 Å². The summed E-state index contributed by atoms with van der Waals surface area (Å²) >= 11 is 6.00. The van der Waals surface area contributed by atoms with Gasteiger partial charge in [0.25, 0.3) is 11.6 Å². The Morgan fingerprint density at radius 3 is 2.60 bits per heavy atom. The Balaban J connectivity index is 2.08. The summed E-state index contributed by atoms with van der Waals surface area (Å²) in [6, 6.07) is 14.7.